The van der Waals surface area contributed by atoms with Crippen molar-refractivity contribution in [2.24, 2.45) is 0 Å². The fourth-order valence-corrected chi connectivity index (χ4v) is 5.97. The number of fused-ring (bicyclic) bond motifs is 2. The molecule has 0 bridgehead atoms. The molecule has 5 rings (SSSR count). The molecule has 10 nitrogen and oxygen atoms in total. The molecule has 2 aliphatic rings. The summed E-state index contributed by atoms with van der Waals surface area (Å²) in [4.78, 5) is 41.8. The Kier molecular flexibility index (Phi) is 7.23. The van der Waals surface area contributed by atoms with Gasteiger partial charge in [-0.25, -0.2) is 12.8 Å². The molecule has 39 heavy (non-hydrogen) atoms. The second-order valence-corrected chi connectivity index (χ2v) is 11.4. The van der Waals surface area contributed by atoms with Gasteiger partial charge in [0.2, 0.25) is 15.5 Å². The Balaban J connectivity index is 1.53. The maximum atomic E-state index is 13.7. The number of sulfonamides is 1. The quantitative estimate of drug-likeness (QED) is 0.477. The van der Waals surface area contributed by atoms with E-state index in [4.69, 9.17) is 4.74 Å². The second-order valence-electron chi connectivity index (χ2n) is 9.49. The summed E-state index contributed by atoms with van der Waals surface area (Å²) in [6, 6.07) is 14.6. The van der Waals surface area contributed by atoms with Crippen LogP contribution in [0.3, 0.4) is 0 Å². The molecule has 3 heterocycles. The van der Waals surface area contributed by atoms with Gasteiger partial charge >= 0.3 is 0 Å². The van der Waals surface area contributed by atoms with Crippen LogP contribution in [0.4, 0.5) is 4.39 Å². The summed E-state index contributed by atoms with van der Waals surface area (Å²) < 4.78 is 46.8. The third-order valence-electron chi connectivity index (χ3n) is 6.79. The molecule has 1 unspecified atom stereocenters. The smallest absolute Gasteiger partial charge is 0.275 e. The summed E-state index contributed by atoms with van der Waals surface area (Å²) in [7, 11) is -3.63. The molecule has 0 aliphatic carbocycles. The van der Waals surface area contributed by atoms with Crippen LogP contribution in [0, 0.1) is 5.82 Å². The molecule has 2 amide bonds. The zero-order valence-electron chi connectivity index (χ0n) is 21.2. The van der Waals surface area contributed by atoms with Crippen LogP contribution in [0.25, 0.3) is 0 Å². The number of rotatable bonds is 7. The van der Waals surface area contributed by atoms with Gasteiger partial charge in [-0.1, -0.05) is 42.5 Å². The number of ether oxygens (including phenoxy) is 1. The van der Waals surface area contributed by atoms with E-state index >= 15 is 0 Å². The molecule has 1 atom stereocenters. The molecule has 12 heteroatoms. The molecule has 0 radical (unpaired) electrons. The van der Waals surface area contributed by atoms with Crippen molar-refractivity contribution in [1.29, 1.82) is 0 Å². The third kappa shape index (κ3) is 5.43. The Morgan fingerprint density at radius 3 is 2.46 bits per heavy atom. The number of nitrogens with zero attached hydrogens (tertiary/aromatic N) is 3. The second kappa shape index (κ2) is 10.6. The molecule has 1 fully saturated rings. The minimum absolute atomic E-state index is 0.0180. The lowest BCUT2D eigenvalue weighted by atomic mass is 10.1. The highest BCUT2D eigenvalue weighted by Gasteiger charge is 2.43. The van der Waals surface area contributed by atoms with Crippen molar-refractivity contribution in [3.05, 3.63) is 99.2 Å². The van der Waals surface area contributed by atoms with E-state index < -0.39 is 39.2 Å². The molecule has 0 saturated carbocycles. The van der Waals surface area contributed by atoms with Crippen LogP contribution in [0.15, 0.2) is 65.6 Å². The van der Waals surface area contributed by atoms with Crippen LogP contribution < -0.4 is 15.5 Å². The topological polar surface area (TPSA) is 118 Å². The number of halogens is 1. The predicted molar refractivity (Wildman–Crippen MR) is 140 cm³/mol. The normalized spacial score (nSPS) is 17.3. The van der Waals surface area contributed by atoms with E-state index in [1.54, 1.807) is 12.1 Å². The Hall–Kier alpha value is -4.03. The zero-order valence-corrected chi connectivity index (χ0v) is 22.0. The Morgan fingerprint density at radius 2 is 1.77 bits per heavy atom. The summed E-state index contributed by atoms with van der Waals surface area (Å²) in [6.45, 7) is 0.620. The van der Waals surface area contributed by atoms with Crippen LogP contribution in [0.2, 0.25) is 0 Å². The first kappa shape index (κ1) is 26.6. The Labute approximate surface area is 224 Å². The molecule has 3 aromatic rings. The monoisotopic (exact) mass is 554 g/mol. The van der Waals surface area contributed by atoms with Crippen LogP contribution >= 0.6 is 0 Å². The highest BCUT2D eigenvalue weighted by atomic mass is 32.2. The lowest BCUT2D eigenvalue weighted by molar-refractivity contribution is 0.0222. The van der Waals surface area contributed by atoms with E-state index in [2.05, 4.69) is 5.32 Å². The van der Waals surface area contributed by atoms with Crippen molar-refractivity contribution in [2.45, 2.75) is 32.3 Å². The third-order valence-corrected chi connectivity index (χ3v) is 8.07. The number of carbonyl (C=O) groups excluding carboxylic acids is 2. The first-order valence-electron chi connectivity index (χ1n) is 12.4. The number of amides is 2. The van der Waals surface area contributed by atoms with E-state index in [9.17, 15) is 27.2 Å². The van der Waals surface area contributed by atoms with Gasteiger partial charge in [0.05, 0.1) is 12.8 Å². The van der Waals surface area contributed by atoms with Gasteiger partial charge in [-0.15, -0.1) is 0 Å². The first-order chi connectivity index (χ1) is 18.6. The number of hydrogen-bond donors (Lipinski definition) is 1. The lowest BCUT2D eigenvalue weighted by Crippen LogP contribution is -2.62. The molecule has 204 valence electrons. The van der Waals surface area contributed by atoms with Crippen molar-refractivity contribution >= 4 is 21.8 Å². The van der Waals surface area contributed by atoms with Gasteiger partial charge in [0, 0.05) is 25.8 Å². The van der Waals surface area contributed by atoms with Crippen molar-refractivity contribution in [1.82, 2.24) is 19.1 Å². The van der Waals surface area contributed by atoms with Gasteiger partial charge < -0.3 is 19.5 Å². The maximum Gasteiger partial charge on any atom is 0.275 e. The Bertz CT molecular complexity index is 1570. The number of carbonyl (C=O) groups is 2. The molecule has 2 aliphatic heterocycles. The van der Waals surface area contributed by atoms with Gasteiger partial charge in [0.15, 0.2) is 11.4 Å². The average Bonchev–Trinajstić information content (AvgIpc) is 2.92. The van der Waals surface area contributed by atoms with Gasteiger partial charge in [-0.3, -0.25) is 14.4 Å². The van der Waals surface area contributed by atoms with Gasteiger partial charge in [-0.2, -0.15) is 4.31 Å². The molecule has 1 saturated heterocycles. The molecule has 1 aromatic heterocycles. The first-order valence-corrected chi connectivity index (χ1v) is 14.2. The van der Waals surface area contributed by atoms with E-state index in [-0.39, 0.29) is 43.2 Å². The summed E-state index contributed by atoms with van der Waals surface area (Å²) in [6.07, 6.45) is 2.01. The zero-order chi connectivity index (χ0) is 27.7. The number of benzene rings is 2. The predicted octanol–water partition coefficient (Wildman–Crippen LogP) is 1.94. The lowest BCUT2D eigenvalue weighted by Gasteiger charge is -2.46. The fourth-order valence-electron chi connectivity index (χ4n) is 4.88. The highest BCUT2D eigenvalue weighted by molar-refractivity contribution is 7.88. The number of aromatic nitrogens is 1. The summed E-state index contributed by atoms with van der Waals surface area (Å²) >= 11 is 0. The van der Waals surface area contributed by atoms with Gasteiger partial charge in [-0.05, 0) is 29.7 Å². The molecular formula is C27H27FN4O6S. The molecule has 0 spiro atoms. The standard InChI is InChI=1S/C27H27FN4O6S/c1-39(36,37)32-13-5-12-31-22(32)16-30-15-21(26(34)29-14-18-8-10-20(28)11-9-18)24(33)25(23(30)27(31)35)38-17-19-6-3-2-4-7-19/h2-4,6-11,15,22H,5,12-14,16-17H2,1H3,(H,29,34). The fraction of sp³-hybridized carbons (Fsp3) is 0.296. The number of pyridine rings is 1. The highest BCUT2D eigenvalue weighted by Crippen LogP contribution is 2.30. The Morgan fingerprint density at radius 1 is 1.05 bits per heavy atom. The van der Waals surface area contributed by atoms with Gasteiger partial charge in [0.25, 0.3) is 11.8 Å². The minimum atomic E-state index is -3.63. The number of hydrogen-bond acceptors (Lipinski definition) is 6. The summed E-state index contributed by atoms with van der Waals surface area (Å²) in [5, 5.41) is 2.65. The molecule has 2 aromatic carbocycles. The van der Waals surface area contributed by atoms with E-state index in [1.807, 2.05) is 18.2 Å². The van der Waals surface area contributed by atoms with E-state index in [0.717, 1.165) is 11.8 Å². The molecular weight excluding hydrogens is 527 g/mol. The van der Waals surface area contributed by atoms with Crippen LogP contribution in [0.1, 0.15) is 38.4 Å². The SMILES string of the molecule is CS(=O)(=O)N1CCCN2C(=O)c3c(OCc4ccccc4)c(=O)c(C(=O)NCc4ccc(F)cc4)cn3CC21. The van der Waals surface area contributed by atoms with Crippen LogP contribution in [-0.4, -0.2) is 59.5 Å². The largest absolute Gasteiger partial charge is 0.483 e. The maximum absolute atomic E-state index is 13.7. The number of nitrogens with one attached hydrogen (secondary N) is 1. The average molecular weight is 555 g/mol. The molecule has 1 N–H and O–H groups in total. The van der Waals surface area contributed by atoms with Crippen LogP contribution in [0.5, 0.6) is 5.75 Å². The van der Waals surface area contributed by atoms with E-state index in [0.29, 0.717) is 18.5 Å². The summed E-state index contributed by atoms with van der Waals surface area (Å²) in [5.41, 5.74) is 0.339. The van der Waals surface area contributed by atoms with Crippen molar-refractivity contribution in [2.75, 3.05) is 19.3 Å². The summed E-state index contributed by atoms with van der Waals surface area (Å²) in [5.74, 6) is -1.93. The van der Waals surface area contributed by atoms with Crippen molar-refractivity contribution in [3.8, 4) is 5.75 Å². The van der Waals surface area contributed by atoms with Crippen molar-refractivity contribution < 1.29 is 27.1 Å². The van der Waals surface area contributed by atoms with Gasteiger partial charge in [0.1, 0.15) is 24.2 Å². The minimum Gasteiger partial charge on any atom is -0.483 e. The van der Waals surface area contributed by atoms with E-state index in [1.165, 1.54) is 44.2 Å². The van der Waals surface area contributed by atoms with Crippen LogP contribution in [-0.2, 0) is 29.7 Å². The van der Waals surface area contributed by atoms with Crippen molar-refractivity contribution in [3.63, 3.8) is 0 Å².